The molecule has 2 atom stereocenters. The van der Waals surface area contributed by atoms with Gasteiger partial charge < -0.3 is 15.0 Å². The van der Waals surface area contributed by atoms with Gasteiger partial charge >= 0.3 is 0 Å². The summed E-state index contributed by atoms with van der Waals surface area (Å²) in [5, 5.41) is 3.49. The summed E-state index contributed by atoms with van der Waals surface area (Å²) in [4.78, 5) is 14.4. The van der Waals surface area contributed by atoms with E-state index in [4.69, 9.17) is 4.74 Å². The lowest BCUT2D eigenvalue weighted by Gasteiger charge is -2.35. The summed E-state index contributed by atoms with van der Waals surface area (Å²) in [6.45, 7) is 8.53. The smallest absolute Gasteiger partial charge is 0.254 e. The molecule has 0 aliphatic carbocycles. The Labute approximate surface area is 111 Å². The third-order valence-corrected chi connectivity index (χ3v) is 4.10. The Hall–Kier alpha value is -0.610. The molecule has 106 valence electrons. The van der Waals surface area contributed by atoms with E-state index in [0.29, 0.717) is 12.5 Å². The van der Waals surface area contributed by atoms with E-state index in [1.54, 1.807) is 7.11 Å². The molecule has 1 saturated heterocycles. The molecule has 0 bridgehead atoms. The maximum absolute atomic E-state index is 12.5. The number of nitrogens with one attached hydrogen (secondary N) is 1. The van der Waals surface area contributed by atoms with E-state index in [0.717, 1.165) is 19.6 Å². The van der Waals surface area contributed by atoms with Gasteiger partial charge in [-0.2, -0.15) is 0 Å². The maximum Gasteiger partial charge on any atom is 0.254 e. The summed E-state index contributed by atoms with van der Waals surface area (Å²) in [7, 11) is 1.62. The van der Waals surface area contributed by atoms with E-state index >= 15 is 0 Å². The van der Waals surface area contributed by atoms with E-state index in [9.17, 15) is 4.79 Å². The SMILES string of the molecule is CCN(CC1CCCCN1)C(=O)C(C)(CC)OC. The van der Waals surface area contributed by atoms with Crippen LogP contribution >= 0.6 is 0 Å². The Kier molecular flexibility index (Phi) is 6.09. The molecule has 4 heteroatoms. The lowest BCUT2D eigenvalue weighted by Crippen LogP contribution is -2.52. The number of amides is 1. The lowest BCUT2D eigenvalue weighted by molar-refractivity contribution is -0.153. The average molecular weight is 256 g/mol. The number of ether oxygens (including phenoxy) is 1. The van der Waals surface area contributed by atoms with Crippen molar-refractivity contribution in [1.82, 2.24) is 10.2 Å². The van der Waals surface area contributed by atoms with Crippen molar-refractivity contribution in [3.63, 3.8) is 0 Å². The highest BCUT2D eigenvalue weighted by Gasteiger charge is 2.35. The monoisotopic (exact) mass is 256 g/mol. The van der Waals surface area contributed by atoms with Crippen LogP contribution in [0.5, 0.6) is 0 Å². The molecule has 2 unspecified atom stereocenters. The number of carbonyl (C=O) groups is 1. The normalized spacial score (nSPS) is 23.4. The maximum atomic E-state index is 12.5. The summed E-state index contributed by atoms with van der Waals surface area (Å²) in [6, 6.07) is 0.445. The summed E-state index contributed by atoms with van der Waals surface area (Å²) in [5.74, 6) is 0.113. The van der Waals surface area contributed by atoms with Gasteiger partial charge in [-0.3, -0.25) is 4.79 Å². The lowest BCUT2D eigenvalue weighted by atomic mass is 9.99. The fraction of sp³-hybridized carbons (Fsp3) is 0.929. The highest BCUT2D eigenvalue weighted by molar-refractivity contribution is 5.84. The third kappa shape index (κ3) is 3.69. The molecular formula is C14H28N2O2. The van der Waals surface area contributed by atoms with E-state index in [1.165, 1.54) is 19.3 Å². The van der Waals surface area contributed by atoms with Gasteiger partial charge in [-0.05, 0) is 39.7 Å². The Morgan fingerprint density at radius 2 is 2.17 bits per heavy atom. The van der Waals surface area contributed by atoms with Crippen LogP contribution in [0.25, 0.3) is 0 Å². The van der Waals surface area contributed by atoms with Crippen LogP contribution in [0.2, 0.25) is 0 Å². The van der Waals surface area contributed by atoms with Gasteiger partial charge in [-0.15, -0.1) is 0 Å². The first-order valence-electron chi connectivity index (χ1n) is 7.15. The quantitative estimate of drug-likeness (QED) is 0.788. The van der Waals surface area contributed by atoms with Gasteiger partial charge in [0.1, 0.15) is 5.60 Å². The van der Waals surface area contributed by atoms with Crippen molar-refractivity contribution >= 4 is 5.91 Å². The average Bonchev–Trinajstić information content (AvgIpc) is 2.44. The van der Waals surface area contributed by atoms with Crippen LogP contribution in [0.3, 0.4) is 0 Å². The number of nitrogens with zero attached hydrogens (tertiary/aromatic N) is 1. The molecule has 0 aromatic rings. The molecule has 1 rings (SSSR count). The van der Waals surface area contributed by atoms with Gasteiger partial charge in [0, 0.05) is 26.2 Å². The second-order valence-electron chi connectivity index (χ2n) is 5.28. The standard InChI is InChI=1S/C14H28N2O2/c1-5-14(3,18-4)13(17)16(6-2)11-12-9-7-8-10-15-12/h12,15H,5-11H2,1-4H3. The molecular weight excluding hydrogens is 228 g/mol. The third-order valence-electron chi connectivity index (χ3n) is 4.10. The number of methoxy groups -OCH3 is 1. The van der Waals surface area contributed by atoms with Crippen LogP contribution in [0.4, 0.5) is 0 Å². The molecule has 0 aromatic carbocycles. The fourth-order valence-electron chi connectivity index (χ4n) is 2.42. The van der Waals surface area contributed by atoms with Crippen molar-refractivity contribution in [2.45, 2.75) is 58.1 Å². The molecule has 1 heterocycles. The Balaban J connectivity index is 2.61. The number of hydrogen-bond donors (Lipinski definition) is 1. The number of likely N-dealkylation sites (N-methyl/N-ethyl adjacent to an activating group) is 1. The molecule has 0 aromatic heterocycles. The number of carbonyl (C=O) groups excluding carboxylic acids is 1. The predicted molar refractivity (Wildman–Crippen MR) is 73.6 cm³/mol. The zero-order valence-corrected chi connectivity index (χ0v) is 12.3. The molecule has 1 amide bonds. The molecule has 0 saturated carbocycles. The van der Waals surface area contributed by atoms with Crippen LogP contribution in [0, 0.1) is 0 Å². The zero-order valence-electron chi connectivity index (χ0n) is 12.3. The number of rotatable bonds is 6. The van der Waals surface area contributed by atoms with Crippen molar-refractivity contribution in [1.29, 1.82) is 0 Å². The Bertz CT molecular complexity index is 259. The van der Waals surface area contributed by atoms with Gasteiger partial charge in [0.05, 0.1) is 0 Å². The summed E-state index contributed by atoms with van der Waals surface area (Å²) < 4.78 is 5.41. The largest absolute Gasteiger partial charge is 0.369 e. The van der Waals surface area contributed by atoms with Gasteiger partial charge in [-0.25, -0.2) is 0 Å². The molecule has 1 aliphatic heterocycles. The van der Waals surface area contributed by atoms with E-state index in [1.807, 2.05) is 25.7 Å². The molecule has 1 N–H and O–H groups in total. The second kappa shape index (κ2) is 7.10. The van der Waals surface area contributed by atoms with Crippen molar-refractivity contribution < 1.29 is 9.53 Å². The van der Waals surface area contributed by atoms with Crippen molar-refractivity contribution in [3.05, 3.63) is 0 Å². The minimum Gasteiger partial charge on any atom is -0.369 e. The topological polar surface area (TPSA) is 41.6 Å². The van der Waals surface area contributed by atoms with Crippen LogP contribution in [0.15, 0.2) is 0 Å². The number of piperidine rings is 1. The first-order valence-corrected chi connectivity index (χ1v) is 7.15. The predicted octanol–water partition coefficient (Wildman–Crippen LogP) is 1.79. The van der Waals surface area contributed by atoms with Gasteiger partial charge in [0.25, 0.3) is 5.91 Å². The van der Waals surface area contributed by atoms with Gasteiger partial charge in [0.15, 0.2) is 0 Å². The van der Waals surface area contributed by atoms with Crippen molar-refractivity contribution in [2.24, 2.45) is 0 Å². The fourth-order valence-corrected chi connectivity index (χ4v) is 2.42. The minimum absolute atomic E-state index is 0.113. The van der Waals surface area contributed by atoms with Crippen molar-refractivity contribution in [2.75, 3.05) is 26.7 Å². The first kappa shape index (κ1) is 15.4. The second-order valence-corrected chi connectivity index (χ2v) is 5.28. The summed E-state index contributed by atoms with van der Waals surface area (Å²) in [6.07, 6.45) is 4.39. The Morgan fingerprint density at radius 3 is 2.61 bits per heavy atom. The zero-order chi connectivity index (χ0) is 13.6. The molecule has 0 radical (unpaired) electrons. The van der Waals surface area contributed by atoms with E-state index < -0.39 is 5.60 Å². The van der Waals surface area contributed by atoms with Gasteiger partial charge in [-0.1, -0.05) is 13.3 Å². The van der Waals surface area contributed by atoms with Gasteiger partial charge in [0.2, 0.25) is 0 Å². The highest BCUT2D eigenvalue weighted by Crippen LogP contribution is 2.19. The highest BCUT2D eigenvalue weighted by atomic mass is 16.5. The van der Waals surface area contributed by atoms with E-state index in [-0.39, 0.29) is 5.91 Å². The molecule has 18 heavy (non-hydrogen) atoms. The van der Waals surface area contributed by atoms with Crippen LogP contribution in [-0.4, -0.2) is 49.2 Å². The minimum atomic E-state index is -0.676. The number of hydrogen-bond acceptors (Lipinski definition) is 3. The van der Waals surface area contributed by atoms with Crippen molar-refractivity contribution in [3.8, 4) is 0 Å². The first-order chi connectivity index (χ1) is 8.57. The van der Waals surface area contributed by atoms with Crippen LogP contribution in [0.1, 0.15) is 46.5 Å². The van der Waals surface area contributed by atoms with E-state index in [2.05, 4.69) is 5.32 Å². The summed E-state index contributed by atoms with van der Waals surface area (Å²) in [5.41, 5.74) is -0.676. The summed E-state index contributed by atoms with van der Waals surface area (Å²) >= 11 is 0. The molecule has 1 aliphatic rings. The molecule has 4 nitrogen and oxygen atoms in total. The Morgan fingerprint density at radius 1 is 1.44 bits per heavy atom. The molecule has 1 fully saturated rings. The van der Waals surface area contributed by atoms with Crippen LogP contribution < -0.4 is 5.32 Å². The molecule has 0 spiro atoms. The van der Waals surface area contributed by atoms with Crippen LogP contribution in [-0.2, 0) is 9.53 Å².